The lowest BCUT2D eigenvalue weighted by atomic mass is 10.0. The summed E-state index contributed by atoms with van der Waals surface area (Å²) in [6, 6.07) is 0. The SMILES string of the molecule is CCC1CN(CC(N)=S)CC1O. The number of aliphatic hydroxyl groups excluding tert-OH is 1. The molecule has 0 saturated carbocycles. The van der Waals surface area contributed by atoms with Crippen molar-refractivity contribution < 1.29 is 5.11 Å². The molecule has 2 unspecified atom stereocenters. The fourth-order valence-electron chi connectivity index (χ4n) is 1.69. The van der Waals surface area contributed by atoms with Crippen LogP contribution in [-0.4, -0.2) is 40.7 Å². The van der Waals surface area contributed by atoms with Gasteiger partial charge in [0.2, 0.25) is 0 Å². The monoisotopic (exact) mass is 188 g/mol. The van der Waals surface area contributed by atoms with E-state index in [4.69, 9.17) is 18.0 Å². The molecule has 1 fully saturated rings. The van der Waals surface area contributed by atoms with E-state index in [1.54, 1.807) is 0 Å². The highest BCUT2D eigenvalue weighted by Crippen LogP contribution is 2.19. The van der Waals surface area contributed by atoms with E-state index >= 15 is 0 Å². The summed E-state index contributed by atoms with van der Waals surface area (Å²) in [5, 5.41) is 9.55. The van der Waals surface area contributed by atoms with Gasteiger partial charge in [-0.05, 0) is 12.3 Å². The van der Waals surface area contributed by atoms with E-state index in [9.17, 15) is 5.11 Å². The summed E-state index contributed by atoms with van der Waals surface area (Å²) in [7, 11) is 0. The van der Waals surface area contributed by atoms with Gasteiger partial charge in [0.15, 0.2) is 0 Å². The van der Waals surface area contributed by atoms with Gasteiger partial charge in [-0.2, -0.15) is 0 Å². The van der Waals surface area contributed by atoms with Crippen LogP contribution >= 0.6 is 12.2 Å². The van der Waals surface area contributed by atoms with Crippen LogP contribution in [0.25, 0.3) is 0 Å². The van der Waals surface area contributed by atoms with Gasteiger partial charge >= 0.3 is 0 Å². The quantitative estimate of drug-likeness (QED) is 0.611. The molecule has 4 heteroatoms. The van der Waals surface area contributed by atoms with E-state index in [-0.39, 0.29) is 6.10 Å². The summed E-state index contributed by atoms with van der Waals surface area (Å²) in [6.45, 7) is 4.38. The van der Waals surface area contributed by atoms with Crippen molar-refractivity contribution in [3.8, 4) is 0 Å². The summed E-state index contributed by atoms with van der Waals surface area (Å²) in [4.78, 5) is 2.63. The molecule has 1 aliphatic heterocycles. The van der Waals surface area contributed by atoms with E-state index in [0.717, 1.165) is 19.5 Å². The third-order valence-corrected chi connectivity index (χ3v) is 2.52. The van der Waals surface area contributed by atoms with Crippen molar-refractivity contribution in [3.05, 3.63) is 0 Å². The summed E-state index contributed by atoms with van der Waals surface area (Å²) in [5.74, 6) is 0.402. The zero-order valence-electron chi connectivity index (χ0n) is 7.36. The smallest absolute Gasteiger partial charge is 0.0870 e. The molecule has 0 aromatic carbocycles. The Morgan fingerprint density at radius 1 is 1.67 bits per heavy atom. The molecule has 3 nitrogen and oxygen atoms in total. The maximum atomic E-state index is 9.55. The second-order valence-electron chi connectivity index (χ2n) is 3.40. The molecule has 12 heavy (non-hydrogen) atoms. The number of nitrogens with zero attached hydrogens (tertiary/aromatic N) is 1. The zero-order valence-corrected chi connectivity index (χ0v) is 8.18. The molecule has 0 spiro atoms. The van der Waals surface area contributed by atoms with Crippen molar-refractivity contribution in [2.24, 2.45) is 11.7 Å². The van der Waals surface area contributed by atoms with Crippen LogP contribution in [0.1, 0.15) is 13.3 Å². The van der Waals surface area contributed by atoms with Crippen LogP contribution in [0.3, 0.4) is 0 Å². The van der Waals surface area contributed by atoms with Gasteiger partial charge in [-0.1, -0.05) is 19.1 Å². The standard InChI is InChI=1S/C8H16N2OS/c1-2-6-3-10(4-7(6)11)5-8(9)12/h6-7,11H,2-5H2,1H3,(H2,9,12). The van der Waals surface area contributed by atoms with Crippen molar-refractivity contribution in [1.29, 1.82) is 0 Å². The number of likely N-dealkylation sites (tertiary alicyclic amines) is 1. The van der Waals surface area contributed by atoms with Crippen molar-refractivity contribution >= 4 is 17.2 Å². The lowest BCUT2D eigenvalue weighted by Crippen LogP contribution is -2.31. The average molecular weight is 188 g/mol. The van der Waals surface area contributed by atoms with Crippen LogP contribution in [0, 0.1) is 5.92 Å². The molecule has 1 aliphatic rings. The fraction of sp³-hybridized carbons (Fsp3) is 0.875. The molecular formula is C8H16N2OS. The maximum Gasteiger partial charge on any atom is 0.0870 e. The normalized spacial score (nSPS) is 30.8. The summed E-state index contributed by atoms with van der Waals surface area (Å²) in [5.41, 5.74) is 5.41. The first-order chi connectivity index (χ1) is 5.63. The number of hydrogen-bond acceptors (Lipinski definition) is 3. The second kappa shape index (κ2) is 4.16. The highest BCUT2D eigenvalue weighted by molar-refractivity contribution is 7.80. The van der Waals surface area contributed by atoms with E-state index < -0.39 is 0 Å². The van der Waals surface area contributed by atoms with Crippen LogP contribution < -0.4 is 5.73 Å². The van der Waals surface area contributed by atoms with Gasteiger partial charge in [0, 0.05) is 19.6 Å². The van der Waals surface area contributed by atoms with Gasteiger partial charge in [0.1, 0.15) is 0 Å². The summed E-state index contributed by atoms with van der Waals surface area (Å²) >= 11 is 4.80. The minimum Gasteiger partial charge on any atom is -0.392 e. The summed E-state index contributed by atoms with van der Waals surface area (Å²) in [6.07, 6.45) is 0.832. The Bertz CT molecular complexity index is 174. The Kier molecular flexibility index (Phi) is 3.43. The Morgan fingerprint density at radius 3 is 2.75 bits per heavy atom. The first kappa shape index (κ1) is 9.89. The van der Waals surface area contributed by atoms with Crippen molar-refractivity contribution in [2.75, 3.05) is 19.6 Å². The molecule has 3 N–H and O–H groups in total. The molecule has 0 aromatic heterocycles. The predicted molar refractivity (Wildman–Crippen MR) is 53.0 cm³/mol. The number of hydrogen-bond donors (Lipinski definition) is 2. The summed E-state index contributed by atoms with van der Waals surface area (Å²) < 4.78 is 0. The van der Waals surface area contributed by atoms with E-state index in [2.05, 4.69) is 11.8 Å². The third kappa shape index (κ3) is 2.40. The lowest BCUT2D eigenvalue weighted by Gasteiger charge is -2.13. The minimum absolute atomic E-state index is 0.190. The van der Waals surface area contributed by atoms with Crippen LogP contribution in [0.5, 0.6) is 0 Å². The molecule has 70 valence electrons. The molecule has 1 heterocycles. The van der Waals surface area contributed by atoms with Gasteiger partial charge in [-0.3, -0.25) is 4.90 Å². The number of aliphatic hydroxyl groups is 1. The highest BCUT2D eigenvalue weighted by Gasteiger charge is 2.29. The van der Waals surface area contributed by atoms with Gasteiger partial charge in [-0.15, -0.1) is 0 Å². The van der Waals surface area contributed by atoms with Gasteiger partial charge in [0.05, 0.1) is 11.1 Å². The third-order valence-electron chi connectivity index (χ3n) is 2.39. The van der Waals surface area contributed by atoms with Crippen LogP contribution in [0.15, 0.2) is 0 Å². The predicted octanol–water partition coefficient (Wildman–Crippen LogP) is -0.0248. The van der Waals surface area contributed by atoms with E-state index in [1.807, 2.05) is 0 Å². The molecule has 0 aliphatic carbocycles. The van der Waals surface area contributed by atoms with Crippen molar-refractivity contribution in [1.82, 2.24) is 4.90 Å². The maximum absolute atomic E-state index is 9.55. The van der Waals surface area contributed by atoms with Gasteiger partial charge < -0.3 is 10.8 Å². The molecule has 2 atom stereocenters. The Labute approximate surface area is 78.5 Å². The van der Waals surface area contributed by atoms with E-state index in [1.165, 1.54) is 0 Å². The fourth-order valence-corrected chi connectivity index (χ4v) is 1.87. The first-order valence-electron chi connectivity index (χ1n) is 4.32. The topological polar surface area (TPSA) is 49.5 Å². The Morgan fingerprint density at radius 2 is 2.33 bits per heavy atom. The van der Waals surface area contributed by atoms with Gasteiger partial charge in [-0.25, -0.2) is 0 Å². The first-order valence-corrected chi connectivity index (χ1v) is 4.73. The Balaban J connectivity index is 2.37. The molecule has 1 rings (SSSR count). The van der Waals surface area contributed by atoms with Crippen LogP contribution in [-0.2, 0) is 0 Å². The van der Waals surface area contributed by atoms with Gasteiger partial charge in [0.25, 0.3) is 0 Å². The van der Waals surface area contributed by atoms with Crippen molar-refractivity contribution in [2.45, 2.75) is 19.4 Å². The average Bonchev–Trinajstić information content (AvgIpc) is 2.29. The zero-order chi connectivity index (χ0) is 9.14. The molecule has 0 bridgehead atoms. The number of nitrogens with two attached hydrogens (primary N) is 1. The number of thiocarbonyl (C=S) groups is 1. The number of β-amino-alcohol motifs (C(OH)–C–C–N with tert-alkyl or cyclic N) is 1. The van der Waals surface area contributed by atoms with Crippen molar-refractivity contribution in [3.63, 3.8) is 0 Å². The van der Waals surface area contributed by atoms with E-state index in [0.29, 0.717) is 17.5 Å². The second-order valence-corrected chi connectivity index (χ2v) is 3.92. The molecule has 0 amide bonds. The lowest BCUT2D eigenvalue weighted by molar-refractivity contribution is 0.141. The molecular weight excluding hydrogens is 172 g/mol. The molecule has 1 saturated heterocycles. The van der Waals surface area contributed by atoms with Crippen LogP contribution in [0.4, 0.5) is 0 Å². The number of rotatable bonds is 3. The van der Waals surface area contributed by atoms with Crippen LogP contribution in [0.2, 0.25) is 0 Å². The minimum atomic E-state index is -0.190. The molecule has 0 radical (unpaired) electrons. The largest absolute Gasteiger partial charge is 0.392 e. The molecule has 0 aromatic rings. The highest BCUT2D eigenvalue weighted by atomic mass is 32.1. The Hall–Kier alpha value is -0.190.